The maximum absolute atomic E-state index is 12.3. The molecule has 0 saturated carbocycles. The van der Waals surface area contributed by atoms with Crippen molar-refractivity contribution < 1.29 is 19.3 Å². The van der Waals surface area contributed by atoms with Crippen molar-refractivity contribution in [2.75, 3.05) is 7.11 Å². The van der Waals surface area contributed by atoms with Crippen molar-refractivity contribution in [3.63, 3.8) is 0 Å². The molecule has 0 radical (unpaired) electrons. The van der Waals surface area contributed by atoms with Crippen LogP contribution >= 0.6 is 0 Å². The van der Waals surface area contributed by atoms with E-state index in [4.69, 9.17) is 14.4 Å². The summed E-state index contributed by atoms with van der Waals surface area (Å²) in [6.45, 7) is 15.3. The Balaban J connectivity index is 3.19. The third kappa shape index (κ3) is 5.44. The molecule has 1 aromatic rings. The lowest BCUT2D eigenvalue weighted by Gasteiger charge is -2.16. The van der Waals surface area contributed by atoms with Gasteiger partial charge in [0.1, 0.15) is 11.9 Å². The van der Waals surface area contributed by atoms with Gasteiger partial charge in [0.05, 0.1) is 12.7 Å². The van der Waals surface area contributed by atoms with Crippen LogP contribution in [0, 0.1) is 19.8 Å². The Labute approximate surface area is 155 Å². The molecule has 0 aliphatic rings. The number of hydrogen-bond donors (Lipinski definition) is 1. The fourth-order valence-electron chi connectivity index (χ4n) is 2.82. The summed E-state index contributed by atoms with van der Waals surface area (Å²) in [5, 5.41) is 9.10. The molecule has 0 aromatic carbocycles. The molecule has 26 heavy (non-hydrogen) atoms. The van der Waals surface area contributed by atoms with Gasteiger partial charge in [0, 0.05) is 5.56 Å². The van der Waals surface area contributed by atoms with Gasteiger partial charge in [0.2, 0.25) is 0 Å². The monoisotopic (exact) mass is 362 g/mol. The smallest absolute Gasteiger partial charge is 0.291 e. The van der Waals surface area contributed by atoms with E-state index in [9.17, 15) is 4.79 Å². The Morgan fingerprint density at radius 1 is 1.23 bits per heavy atom. The molecular weight excluding hydrogens is 332 g/mol. The van der Waals surface area contributed by atoms with Crippen LogP contribution in [0.4, 0.5) is 0 Å². The molecule has 0 aliphatic carbocycles. The van der Waals surface area contributed by atoms with E-state index >= 15 is 0 Å². The second kappa shape index (κ2) is 9.55. The summed E-state index contributed by atoms with van der Waals surface area (Å²) in [7, 11) is 1.47. The fourth-order valence-corrected chi connectivity index (χ4v) is 2.82. The van der Waals surface area contributed by atoms with Crippen molar-refractivity contribution in [2.45, 2.75) is 54.1 Å². The summed E-state index contributed by atoms with van der Waals surface area (Å²) < 4.78 is 10.9. The van der Waals surface area contributed by atoms with Gasteiger partial charge in [-0.25, -0.2) is 4.89 Å². The lowest BCUT2D eigenvalue weighted by Crippen LogP contribution is -2.15. The van der Waals surface area contributed by atoms with E-state index in [0.717, 1.165) is 11.1 Å². The van der Waals surface area contributed by atoms with Crippen molar-refractivity contribution in [1.29, 1.82) is 0 Å². The van der Waals surface area contributed by atoms with Crippen LogP contribution in [0.2, 0.25) is 0 Å². The third-order valence-electron chi connectivity index (χ3n) is 4.15. The molecule has 1 aromatic heterocycles. The molecule has 0 fully saturated rings. The van der Waals surface area contributed by atoms with Gasteiger partial charge in [-0.3, -0.25) is 10.1 Å². The minimum absolute atomic E-state index is 0.0902. The molecule has 1 atom stereocenters. The molecule has 1 heterocycles. The highest BCUT2D eigenvalue weighted by atomic mass is 17.1. The Morgan fingerprint density at radius 2 is 1.85 bits per heavy atom. The van der Waals surface area contributed by atoms with E-state index in [0.29, 0.717) is 34.8 Å². The molecule has 5 heteroatoms. The Bertz CT molecular complexity index is 765. The van der Waals surface area contributed by atoms with E-state index in [-0.39, 0.29) is 11.4 Å². The molecular formula is C21H30O5. The van der Waals surface area contributed by atoms with Gasteiger partial charge in [-0.15, -0.1) is 0 Å². The van der Waals surface area contributed by atoms with Crippen molar-refractivity contribution in [2.24, 2.45) is 5.92 Å². The van der Waals surface area contributed by atoms with Crippen LogP contribution in [0.5, 0.6) is 5.95 Å². The molecule has 1 rings (SSSR count). The lowest BCUT2D eigenvalue weighted by molar-refractivity contribution is -0.270. The van der Waals surface area contributed by atoms with E-state index in [1.807, 2.05) is 26.0 Å². The van der Waals surface area contributed by atoms with Gasteiger partial charge in [-0.2, -0.15) is 0 Å². The fraction of sp³-hybridized carbons (Fsp3) is 0.476. The zero-order valence-electron chi connectivity index (χ0n) is 16.8. The van der Waals surface area contributed by atoms with Crippen LogP contribution in [-0.2, 0) is 4.89 Å². The van der Waals surface area contributed by atoms with Crippen LogP contribution in [-0.4, -0.2) is 18.5 Å². The number of methoxy groups -OCH3 is 1. The van der Waals surface area contributed by atoms with E-state index in [1.54, 1.807) is 13.8 Å². The van der Waals surface area contributed by atoms with Gasteiger partial charge in [0.15, 0.2) is 5.43 Å². The summed E-state index contributed by atoms with van der Waals surface area (Å²) in [4.78, 5) is 16.9. The van der Waals surface area contributed by atoms with E-state index in [1.165, 1.54) is 7.11 Å². The standard InChI is InChI=1S/C21H30O5/c1-12(2)9-18(26-23)14(4)10-13(3)11-15(5)20-16(6)19(22)17(7)21(24-8)25-20/h10-12,18,23H,4,9H2,1-3,5-8H3/b13-10+,15-11+. The lowest BCUT2D eigenvalue weighted by atomic mass is 9.98. The minimum atomic E-state index is -0.446. The highest BCUT2D eigenvalue weighted by Crippen LogP contribution is 2.25. The van der Waals surface area contributed by atoms with E-state index < -0.39 is 6.10 Å². The average molecular weight is 362 g/mol. The number of allylic oxidation sites excluding steroid dienone is 3. The first-order valence-corrected chi connectivity index (χ1v) is 8.66. The molecule has 1 unspecified atom stereocenters. The van der Waals surface area contributed by atoms with Crippen LogP contribution in [0.25, 0.3) is 5.57 Å². The summed E-state index contributed by atoms with van der Waals surface area (Å²) >= 11 is 0. The van der Waals surface area contributed by atoms with Gasteiger partial charge in [0.25, 0.3) is 5.95 Å². The van der Waals surface area contributed by atoms with Gasteiger partial charge >= 0.3 is 0 Å². The average Bonchev–Trinajstić information content (AvgIpc) is 2.57. The summed E-state index contributed by atoms with van der Waals surface area (Å²) in [5.41, 5.74) is 3.29. The molecule has 5 nitrogen and oxygen atoms in total. The van der Waals surface area contributed by atoms with E-state index in [2.05, 4.69) is 25.3 Å². The second-order valence-electron chi connectivity index (χ2n) is 7.02. The number of ether oxygens (including phenoxy) is 1. The SMILES string of the molecule is C=C(/C=C(C)/C=C(\C)c1oc(OC)c(C)c(=O)c1C)C(CC(C)C)OO. The topological polar surface area (TPSA) is 68.9 Å². The maximum atomic E-state index is 12.3. The van der Waals surface area contributed by atoms with Gasteiger partial charge in [-0.05, 0) is 51.2 Å². The van der Waals surface area contributed by atoms with Crippen LogP contribution in [0.3, 0.4) is 0 Å². The zero-order chi connectivity index (χ0) is 20.0. The first-order valence-electron chi connectivity index (χ1n) is 8.66. The maximum Gasteiger partial charge on any atom is 0.291 e. The molecule has 144 valence electrons. The van der Waals surface area contributed by atoms with Crippen LogP contribution < -0.4 is 10.2 Å². The molecule has 0 bridgehead atoms. The summed E-state index contributed by atoms with van der Waals surface area (Å²) in [5.74, 6) is 1.08. The Hall–Kier alpha value is -2.11. The van der Waals surface area contributed by atoms with Crippen molar-refractivity contribution in [1.82, 2.24) is 0 Å². The zero-order valence-corrected chi connectivity index (χ0v) is 16.8. The Morgan fingerprint density at radius 3 is 2.35 bits per heavy atom. The first-order chi connectivity index (χ1) is 12.1. The number of rotatable bonds is 8. The van der Waals surface area contributed by atoms with Crippen LogP contribution in [0.1, 0.15) is 51.0 Å². The Kier molecular flexibility index (Phi) is 8.06. The van der Waals surface area contributed by atoms with Crippen molar-refractivity contribution in [3.05, 3.63) is 57.0 Å². The second-order valence-corrected chi connectivity index (χ2v) is 7.02. The van der Waals surface area contributed by atoms with Gasteiger partial charge in [-0.1, -0.05) is 38.2 Å². The molecule has 0 saturated heterocycles. The first kappa shape index (κ1) is 21.9. The quantitative estimate of drug-likeness (QED) is 0.397. The molecule has 0 spiro atoms. The summed E-state index contributed by atoms with van der Waals surface area (Å²) in [6.07, 6.45) is 3.98. The summed E-state index contributed by atoms with van der Waals surface area (Å²) in [6, 6.07) is 0. The predicted molar refractivity (Wildman–Crippen MR) is 105 cm³/mol. The van der Waals surface area contributed by atoms with Crippen LogP contribution in [0.15, 0.2) is 39.1 Å². The largest absolute Gasteiger partial charge is 0.468 e. The van der Waals surface area contributed by atoms with Gasteiger partial charge < -0.3 is 9.15 Å². The molecule has 0 aliphatic heterocycles. The van der Waals surface area contributed by atoms with Crippen molar-refractivity contribution in [3.8, 4) is 5.95 Å². The minimum Gasteiger partial charge on any atom is -0.468 e. The third-order valence-corrected chi connectivity index (χ3v) is 4.15. The normalized spacial score (nSPS) is 13.9. The van der Waals surface area contributed by atoms with Crippen molar-refractivity contribution >= 4 is 5.57 Å². The molecule has 1 N–H and O–H groups in total. The molecule has 0 amide bonds. The highest BCUT2D eigenvalue weighted by molar-refractivity contribution is 5.65. The highest BCUT2D eigenvalue weighted by Gasteiger charge is 2.16. The predicted octanol–water partition coefficient (Wildman–Crippen LogP) is 5.08. The number of hydrogen-bond acceptors (Lipinski definition) is 5.